The maximum Gasteiger partial charge on any atom is 0.0642 e. The number of para-hydroxylation sites is 1. The van der Waals surface area contributed by atoms with Crippen molar-refractivity contribution in [3.05, 3.63) is 28.8 Å². The van der Waals surface area contributed by atoms with E-state index in [1.54, 1.807) is 0 Å². The van der Waals surface area contributed by atoms with Gasteiger partial charge >= 0.3 is 0 Å². The van der Waals surface area contributed by atoms with Gasteiger partial charge in [0.15, 0.2) is 0 Å². The minimum Gasteiger partial charge on any atom is -0.364 e. The van der Waals surface area contributed by atoms with E-state index in [0.717, 1.165) is 11.6 Å². The lowest BCUT2D eigenvalue weighted by Crippen LogP contribution is -2.61. The van der Waals surface area contributed by atoms with Gasteiger partial charge in [-0.2, -0.15) is 0 Å². The number of halogens is 1. The topological polar surface area (TPSA) is 6.48 Å². The molecule has 2 unspecified atom stereocenters. The summed E-state index contributed by atoms with van der Waals surface area (Å²) in [5, 5.41) is 0.907. The molecule has 0 amide bonds. The van der Waals surface area contributed by atoms with Crippen molar-refractivity contribution in [3.8, 4) is 0 Å². The lowest BCUT2D eigenvalue weighted by molar-refractivity contribution is 0.100. The zero-order valence-electron chi connectivity index (χ0n) is 13.5. The molecule has 1 aromatic carbocycles. The van der Waals surface area contributed by atoms with Crippen molar-refractivity contribution in [1.29, 1.82) is 0 Å². The Kier molecular flexibility index (Phi) is 4.46. The Morgan fingerprint density at radius 3 is 2.71 bits per heavy atom. The van der Waals surface area contributed by atoms with Crippen LogP contribution in [0.25, 0.3) is 0 Å². The monoisotopic (exact) mass is 306 g/mol. The van der Waals surface area contributed by atoms with Crippen molar-refractivity contribution >= 4 is 17.3 Å². The summed E-state index contributed by atoms with van der Waals surface area (Å²) in [6, 6.07) is 7.56. The van der Waals surface area contributed by atoms with E-state index in [1.807, 2.05) is 6.07 Å². The van der Waals surface area contributed by atoms with Crippen molar-refractivity contribution in [1.82, 2.24) is 4.90 Å². The Morgan fingerprint density at radius 2 is 2.00 bits per heavy atom. The second-order valence-electron chi connectivity index (χ2n) is 7.01. The van der Waals surface area contributed by atoms with E-state index in [1.165, 1.54) is 43.6 Å². The van der Waals surface area contributed by atoms with Crippen LogP contribution in [-0.2, 0) is 0 Å². The van der Waals surface area contributed by atoms with Crippen molar-refractivity contribution < 1.29 is 0 Å². The molecule has 0 N–H and O–H groups in total. The standard InChI is InChI=1S/C18H27ClN2/c1-13(2)17-12-20-10-5-4-8-15(20)11-21(17)18-14(3)7-6-9-16(18)19/h6-7,9,13,15,17H,4-5,8,10-12H2,1-3H3. The summed E-state index contributed by atoms with van der Waals surface area (Å²) < 4.78 is 0. The third-order valence-electron chi connectivity index (χ3n) is 5.22. The van der Waals surface area contributed by atoms with Gasteiger partial charge in [-0.15, -0.1) is 0 Å². The number of piperazine rings is 1. The van der Waals surface area contributed by atoms with Gasteiger partial charge in [-0.1, -0.05) is 44.0 Å². The minimum atomic E-state index is 0.568. The zero-order chi connectivity index (χ0) is 15.0. The fraction of sp³-hybridized carbons (Fsp3) is 0.667. The average molecular weight is 307 g/mol. The lowest BCUT2D eigenvalue weighted by Gasteiger charge is -2.51. The van der Waals surface area contributed by atoms with Gasteiger partial charge in [0.25, 0.3) is 0 Å². The van der Waals surface area contributed by atoms with E-state index in [9.17, 15) is 0 Å². The second kappa shape index (κ2) is 6.18. The van der Waals surface area contributed by atoms with E-state index in [2.05, 4.69) is 42.7 Å². The largest absolute Gasteiger partial charge is 0.364 e. The van der Waals surface area contributed by atoms with Crippen LogP contribution in [0.2, 0.25) is 5.02 Å². The maximum absolute atomic E-state index is 6.55. The van der Waals surface area contributed by atoms with E-state index < -0.39 is 0 Å². The average Bonchev–Trinajstić information content (AvgIpc) is 2.46. The first-order valence-electron chi connectivity index (χ1n) is 8.33. The van der Waals surface area contributed by atoms with E-state index in [-0.39, 0.29) is 0 Å². The SMILES string of the molecule is Cc1cccc(Cl)c1N1CC2CCCCN2CC1C(C)C. The molecule has 2 saturated heterocycles. The number of anilines is 1. The van der Waals surface area contributed by atoms with Gasteiger partial charge in [-0.25, -0.2) is 0 Å². The highest BCUT2D eigenvalue weighted by atomic mass is 35.5. The normalized spacial score (nSPS) is 27.0. The molecule has 2 atom stereocenters. The van der Waals surface area contributed by atoms with Crippen LogP contribution in [0.5, 0.6) is 0 Å². The lowest BCUT2D eigenvalue weighted by atomic mass is 9.91. The molecule has 2 nitrogen and oxygen atoms in total. The van der Waals surface area contributed by atoms with Gasteiger partial charge in [-0.3, -0.25) is 4.90 Å². The zero-order valence-corrected chi connectivity index (χ0v) is 14.2. The molecule has 0 aliphatic carbocycles. The third kappa shape index (κ3) is 2.93. The number of hydrogen-bond donors (Lipinski definition) is 0. The molecule has 0 spiro atoms. The highest BCUT2D eigenvalue weighted by Crippen LogP contribution is 2.36. The van der Waals surface area contributed by atoms with Gasteiger partial charge < -0.3 is 4.90 Å². The van der Waals surface area contributed by atoms with Crippen molar-refractivity contribution in [2.75, 3.05) is 24.5 Å². The number of rotatable bonds is 2. The Balaban J connectivity index is 1.94. The molecule has 0 aromatic heterocycles. The summed E-state index contributed by atoms with van der Waals surface area (Å²) in [5.41, 5.74) is 2.57. The first-order chi connectivity index (χ1) is 10.1. The summed E-state index contributed by atoms with van der Waals surface area (Å²) in [7, 11) is 0. The van der Waals surface area contributed by atoms with Crippen LogP contribution in [0, 0.1) is 12.8 Å². The predicted octanol–water partition coefficient (Wildman–Crippen LogP) is 4.35. The van der Waals surface area contributed by atoms with Gasteiger partial charge in [0.05, 0.1) is 10.7 Å². The highest BCUT2D eigenvalue weighted by molar-refractivity contribution is 6.33. The molecule has 2 aliphatic rings. The molecule has 2 aliphatic heterocycles. The van der Waals surface area contributed by atoms with Crippen LogP contribution in [0.3, 0.4) is 0 Å². The number of nitrogens with zero attached hydrogens (tertiary/aromatic N) is 2. The number of piperidine rings is 1. The first-order valence-corrected chi connectivity index (χ1v) is 8.71. The molecule has 3 rings (SSSR count). The molecule has 3 heteroatoms. The van der Waals surface area contributed by atoms with Crippen LogP contribution in [-0.4, -0.2) is 36.6 Å². The Bertz CT molecular complexity index is 480. The quantitative estimate of drug-likeness (QED) is 0.801. The van der Waals surface area contributed by atoms with Gasteiger partial charge in [0.1, 0.15) is 0 Å². The smallest absolute Gasteiger partial charge is 0.0642 e. The van der Waals surface area contributed by atoms with Crippen LogP contribution < -0.4 is 4.90 Å². The van der Waals surface area contributed by atoms with E-state index in [4.69, 9.17) is 11.6 Å². The fourth-order valence-corrected chi connectivity index (χ4v) is 4.35. The molecule has 0 radical (unpaired) electrons. The molecule has 2 fully saturated rings. The first kappa shape index (κ1) is 15.2. The summed E-state index contributed by atoms with van der Waals surface area (Å²) in [5.74, 6) is 0.642. The Morgan fingerprint density at radius 1 is 1.19 bits per heavy atom. The van der Waals surface area contributed by atoms with Crippen molar-refractivity contribution in [2.24, 2.45) is 5.92 Å². The van der Waals surface area contributed by atoms with Crippen LogP contribution in [0.1, 0.15) is 38.7 Å². The molecule has 2 heterocycles. The van der Waals surface area contributed by atoms with Crippen LogP contribution in [0.4, 0.5) is 5.69 Å². The molecule has 21 heavy (non-hydrogen) atoms. The molecule has 0 saturated carbocycles. The van der Waals surface area contributed by atoms with E-state index >= 15 is 0 Å². The number of hydrogen-bond acceptors (Lipinski definition) is 2. The number of fused-ring (bicyclic) bond motifs is 1. The van der Waals surface area contributed by atoms with E-state index in [0.29, 0.717) is 18.0 Å². The second-order valence-corrected chi connectivity index (χ2v) is 7.42. The van der Waals surface area contributed by atoms with Crippen LogP contribution in [0.15, 0.2) is 18.2 Å². The fourth-order valence-electron chi connectivity index (χ4n) is 4.02. The summed E-state index contributed by atoms with van der Waals surface area (Å²) in [6.07, 6.45) is 4.08. The highest BCUT2D eigenvalue weighted by Gasteiger charge is 2.37. The van der Waals surface area contributed by atoms with Gasteiger partial charge in [0.2, 0.25) is 0 Å². The summed E-state index contributed by atoms with van der Waals surface area (Å²) >= 11 is 6.55. The molecule has 1 aromatic rings. The van der Waals surface area contributed by atoms with Crippen molar-refractivity contribution in [2.45, 2.75) is 52.1 Å². The molecular weight excluding hydrogens is 280 g/mol. The Hall–Kier alpha value is -0.730. The molecular formula is C18H27ClN2. The maximum atomic E-state index is 6.55. The number of aryl methyl sites for hydroxylation is 1. The predicted molar refractivity (Wildman–Crippen MR) is 91.4 cm³/mol. The van der Waals surface area contributed by atoms with Crippen LogP contribution >= 0.6 is 11.6 Å². The van der Waals surface area contributed by atoms with Crippen molar-refractivity contribution in [3.63, 3.8) is 0 Å². The number of benzene rings is 1. The van der Waals surface area contributed by atoms with Gasteiger partial charge in [-0.05, 0) is 43.9 Å². The molecule has 116 valence electrons. The minimum absolute atomic E-state index is 0.568. The third-order valence-corrected chi connectivity index (χ3v) is 5.53. The summed E-state index contributed by atoms with van der Waals surface area (Å²) in [6.45, 7) is 10.5. The van der Waals surface area contributed by atoms with Gasteiger partial charge in [0, 0.05) is 25.2 Å². The Labute approximate surface area is 134 Å². The summed E-state index contributed by atoms with van der Waals surface area (Å²) in [4.78, 5) is 5.33. The molecule has 0 bridgehead atoms.